The van der Waals surface area contributed by atoms with Crippen LogP contribution in [0.1, 0.15) is 46.0 Å². The molecule has 0 spiro atoms. The highest BCUT2D eigenvalue weighted by Crippen LogP contribution is 2.27. The molecule has 7 nitrogen and oxygen atoms in total. The maximum absolute atomic E-state index is 12.9. The monoisotopic (exact) mass is 423 g/mol. The summed E-state index contributed by atoms with van der Waals surface area (Å²) in [4.78, 5) is 14.7. The smallest absolute Gasteiger partial charge is 0.243 e. The summed E-state index contributed by atoms with van der Waals surface area (Å²) in [5, 5.41) is 2.86. The maximum atomic E-state index is 12.9. The Morgan fingerprint density at radius 1 is 1.10 bits per heavy atom. The van der Waals surface area contributed by atoms with Crippen LogP contribution >= 0.6 is 0 Å². The highest BCUT2D eigenvalue weighted by molar-refractivity contribution is 7.89. The molecule has 1 amide bonds. The van der Waals surface area contributed by atoms with E-state index >= 15 is 0 Å². The Kier molecular flexibility index (Phi) is 7.32. The van der Waals surface area contributed by atoms with Crippen LogP contribution in [0.2, 0.25) is 0 Å². The second-order valence-electron chi connectivity index (χ2n) is 8.34. The van der Waals surface area contributed by atoms with E-state index in [0.717, 1.165) is 38.8 Å². The fourth-order valence-corrected chi connectivity index (χ4v) is 5.75. The Hall–Kier alpha value is -1.48. The van der Waals surface area contributed by atoms with Crippen LogP contribution in [-0.2, 0) is 19.6 Å². The molecule has 1 saturated heterocycles. The summed E-state index contributed by atoms with van der Waals surface area (Å²) in [6.07, 6.45) is 5.40. The number of nitrogens with one attached hydrogen (secondary N) is 1. The average molecular weight is 424 g/mol. The number of hydrogen-bond donors (Lipinski definition) is 1. The second-order valence-corrected chi connectivity index (χ2v) is 10.3. The Labute approximate surface area is 174 Å². The molecule has 2 atom stereocenters. The Morgan fingerprint density at radius 2 is 1.69 bits per heavy atom. The van der Waals surface area contributed by atoms with Gasteiger partial charge in [-0.2, -0.15) is 4.31 Å². The summed E-state index contributed by atoms with van der Waals surface area (Å²) in [5.74, 6) is -0.110. The number of anilines is 1. The SMILES string of the molecule is C[C@H]1CN(CC(=O)Nc2ccc(S(=O)(=O)N(C)C3CCCCC3)cc2)C[C@H](C)O1. The molecule has 2 fully saturated rings. The Bertz CT molecular complexity index is 781. The van der Waals surface area contributed by atoms with Crippen molar-refractivity contribution < 1.29 is 17.9 Å². The van der Waals surface area contributed by atoms with E-state index in [0.29, 0.717) is 12.2 Å². The number of sulfonamides is 1. The van der Waals surface area contributed by atoms with E-state index in [4.69, 9.17) is 4.74 Å². The molecule has 1 aliphatic carbocycles. The molecule has 1 saturated carbocycles. The summed E-state index contributed by atoms with van der Waals surface area (Å²) in [6, 6.07) is 6.53. The number of benzene rings is 1. The van der Waals surface area contributed by atoms with Gasteiger partial charge in [0.15, 0.2) is 0 Å². The standard InChI is InChI=1S/C21H33N3O4S/c1-16-13-24(14-17(2)28-16)15-21(25)22-18-9-11-20(12-10-18)29(26,27)23(3)19-7-5-4-6-8-19/h9-12,16-17,19H,4-8,13-15H2,1-3H3,(H,22,25)/t16-,17-/m0/s1. The van der Waals surface area contributed by atoms with Gasteiger partial charge >= 0.3 is 0 Å². The van der Waals surface area contributed by atoms with E-state index in [9.17, 15) is 13.2 Å². The largest absolute Gasteiger partial charge is 0.373 e. The minimum Gasteiger partial charge on any atom is -0.373 e. The van der Waals surface area contributed by atoms with Gasteiger partial charge in [0, 0.05) is 31.9 Å². The molecule has 1 aromatic carbocycles. The third-order valence-electron chi connectivity index (χ3n) is 5.77. The first-order valence-corrected chi connectivity index (χ1v) is 12.0. The molecule has 29 heavy (non-hydrogen) atoms. The third-order valence-corrected chi connectivity index (χ3v) is 7.69. The van der Waals surface area contributed by atoms with Crippen molar-refractivity contribution in [1.29, 1.82) is 0 Å². The van der Waals surface area contributed by atoms with Gasteiger partial charge in [0.25, 0.3) is 0 Å². The quantitative estimate of drug-likeness (QED) is 0.761. The van der Waals surface area contributed by atoms with Crippen molar-refractivity contribution >= 4 is 21.6 Å². The van der Waals surface area contributed by atoms with E-state index in [-0.39, 0.29) is 29.1 Å². The Balaban J connectivity index is 1.58. The molecule has 0 aromatic heterocycles. The van der Waals surface area contributed by atoms with Crippen molar-refractivity contribution in [2.75, 3.05) is 32.0 Å². The van der Waals surface area contributed by atoms with Crippen molar-refractivity contribution in [2.45, 2.75) is 69.1 Å². The zero-order valence-electron chi connectivity index (χ0n) is 17.6. The van der Waals surface area contributed by atoms with Gasteiger partial charge in [-0.25, -0.2) is 8.42 Å². The number of amides is 1. The number of carbonyl (C=O) groups excluding carboxylic acids is 1. The molecule has 2 aliphatic rings. The highest BCUT2D eigenvalue weighted by Gasteiger charge is 2.29. The van der Waals surface area contributed by atoms with Crippen molar-refractivity contribution in [3.63, 3.8) is 0 Å². The lowest BCUT2D eigenvalue weighted by atomic mass is 9.96. The number of rotatable bonds is 6. The van der Waals surface area contributed by atoms with Gasteiger partial charge in [0.2, 0.25) is 15.9 Å². The minimum absolute atomic E-state index is 0.0754. The Morgan fingerprint density at radius 3 is 2.28 bits per heavy atom. The lowest BCUT2D eigenvalue weighted by Crippen LogP contribution is -2.48. The minimum atomic E-state index is -3.52. The van der Waals surface area contributed by atoms with Crippen LogP contribution in [0, 0.1) is 0 Å². The molecule has 3 rings (SSSR count). The lowest BCUT2D eigenvalue weighted by Gasteiger charge is -2.34. The highest BCUT2D eigenvalue weighted by atomic mass is 32.2. The first-order valence-electron chi connectivity index (χ1n) is 10.5. The number of nitrogens with zero attached hydrogens (tertiary/aromatic N) is 2. The first kappa shape index (κ1) is 22.2. The normalized spacial score (nSPS) is 24.6. The van der Waals surface area contributed by atoms with E-state index in [1.54, 1.807) is 31.3 Å². The molecule has 1 heterocycles. The van der Waals surface area contributed by atoms with Crippen LogP contribution in [0.25, 0.3) is 0 Å². The molecule has 0 radical (unpaired) electrons. The van der Waals surface area contributed by atoms with Crippen LogP contribution < -0.4 is 5.32 Å². The van der Waals surface area contributed by atoms with Crippen LogP contribution in [-0.4, -0.2) is 68.5 Å². The van der Waals surface area contributed by atoms with Gasteiger partial charge in [0.1, 0.15) is 0 Å². The molecule has 1 aromatic rings. The zero-order valence-corrected chi connectivity index (χ0v) is 18.5. The molecule has 0 bridgehead atoms. The van der Waals surface area contributed by atoms with Crippen molar-refractivity contribution in [2.24, 2.45) is 0 Å². The number of hydrogen-bond acceptors (Lipinski definition) is 5. The van der Waals surface area contributed by atoms with Crippen LogP contribution in [0.15, 0.2) is 29.2 Å². The van der Waals surface area contributed by atoms with Gasteiger partial charge in [0.05, 0.1) is 23.6 Å². The molecular weight excluding hydrogens is 390 g/mol. The van der Waals surface area contributed by atoms with E-state index in [2.05, 4.69) is 10.2 Å². The van der Waals surface area contributed by atoms with Crippen molar-refractivity contribution in [3.05, 3.63) is 24.3 Å². The molecule has 8 heteroatoms. The molecule has 1 N–H and O–H groups in total. The predicted octanol–water partition coefficient (Wildman–Crippen LogP) is 2.69. The third kappa shape index (κ3) is 5.78. The molecule has 162 valence electrons. The molecule has 1 aliphatic heterocycles. The first-order chi connectivity index (χ1) is 13.8. The molecule has 0 unspecified atom stereocenters. The van der Waals surface area contributed by atoms with Crippen molar-refractivity contribution in [3.8, 4) is 0 Å². The van der Waals surface area contributed by atoms with Crippen LogP contribution in [0.5, 0.6) is 0 Å². The maximum Gasteiger partial charge on any atom is 0.243 e. The van der Waals surface area contributed by atoms with E-state index in [1.165, 1.54) is 10.7 Å². The summed E-state index contributed by atoms with van der Waals surface area (Å²) >= 11 is 0. The van der Waals surface area contributed by atoms with Crippen molar-refractivity contribution in [1.82, 2.24) is 9.21 Å². The van der Waals surface area contributed by atoms with Gasteiger partial charge in [-0.15, -0.1) is 0 Å². The number of morpholine rings is 1. The van der Waals surface area contributed by atoms with Gasteiger partial charge < -0.3 is 10.1 Å². The number of carbonyl (C=O) groups is 1. The summed E-state index contributed by atoms with van der Waals surface area (Å²) in [7, 11) is -1.85. The lowest BCUT2D eigenvalue weighted by molar-refractivity contribution is -0.121. The van der Waals surface area contributed by atoms with E-state index < -0.39 is 10.0 Å². The van der Waals surface area contributed by atoms with Gasteiger partial charge in [-0.05, 0) is 51.0 Å². The van der Waals surface area contributed by atoms with Crippen LogP contribution in [0.3, 0.4) is 0 Å². The molecular formula is C21H33N3O4S. The topological polar surface area (TPSA) is 79.0 Å². The zero-order chi connectivity index (χ0) is 21.0. The van der Waals surface area contributed by atoms with Crippen LogP contribution in [0.4, 0.5) is 5.69 Å². The summed E-state index contributed by atoms with van der Waals surface area (Å²) < 4.78 is 33.0. The fraction of sp³-hybridized carbons (Fsp3) is 0.667. The average Bonchev–Trinajstić information content (AvgIpc) is 2.67. The fourth-order valence-electron chi connectivity index (χ4n) is 4.33. The number of ether oxygens (including phenoxy) is 1. The summed E-state index contributed by atoms with van der Waals surface area (Å²) in [5.41, 5.74) is 0.601. The summed E-state index contributed by atoms with van der Waals surface area (Å²) in [6.45, 7) is 5.75. The van der Waals surface area contributed by atoms with Gasteiger partial charge in [-0.1, -0.05) is 19.3 Å². The second kappa shape index (κ2) is 9.55. The van der Waals surface area contributed by atoms with E-state index in [1.807, 2.05) is 13.8 Å². The predicted molar refractivity (Wildman–Crippen MR) is 113 cm³/mol. The van der Waals surface area contributed by atoms with Gasteiger partial charge in [-0.3, -0.25) is 9.69 Å².